The fraction of sp³-hybridized carbons (Fsp3) is 0.500. The zero-order chi connectivity index (χ0) is 29.9. The number of ether oxygens (including phenoxy) is 1. The van der Waals surface area contributed by atoms with Gasteiger partial charge in [-0.3, -0.25) is 19.3 Å². The number of nitrogens with two attached hydrogens (primary N) is 1. The molecule has 0 heterocycles. The highest BCUT2D eigenvalue weighted by Gasteiger charge is 2.63. The van der Waals surface area contributed by atoms with Crippen LogP contribution in [0, 0.1) is 17.3 Å². The van der Waals surface area contributed by atoms with E-state index in [1.807, 2.05) is 20.8 Å². The van der Waals surface area contributed by atoms with Gasteiger partial charge in [-0.25, -0.2) is 4.79 Å². The maximum Gasteiger partial charge on any atom is 0.407 e. The number of hydrogen-bond donors (Lipinski definition) is 6. The van der Waals surface area contributed by atoms with E-state index in [9.17, 15) is 39.6 Å². The lowest BCUT2D eigenvalue weighted by atomic mass is 9.58. The van der Waals surface area contributed by atoms with E-state index in [0.717, 1.165) is 0 Å². The van der Waals surface area contributed by atoms with Gasteiger partial charge in [0.25, 0.3) is 5.91 Å². The van der Waals surface area contributed by atoms with E-state index in [0.29, 0.717) is 11.1 Å². The second kappa shape index (κ2) is 9.93. The second-order valence-electron chi connectivity index (χ2n) is 12.1. The van der Waals surface area contributed by atoms with Gasteiger partial charge in [-0.15, -0.1) is 0 Å². The average molecular weight is 558 g/mol. The van der Waals surface area contributed by atoms with Crippen LogP contribution in [0.15, 0.2) is 34.8 Å². The van der Waals surface area contributed by atoms with Crippen LogP contribution in [0.2, 0.25) is 0 Å². The zero-order valence-corrected chi connectivity index (χ0v) is 23.1. The van der Waals surface area contributed by atoms with Crippen LogP contribution in [-0.4, -0.2) is 81.2 Å². The number of likely N-dealkylation sites (N-methyl/N-ethyl adjacent to an activating group) is 1. The Kier molecular flexibility index (Phi) is 7.22. The van der Waals surface area contributed by atoms with Gasteiger partial charge in [0.05, 0.1) is 18.2 Å². The smallest absolute Gasteiger partial charge is 0.407 e. The van der Waals surface area contributed by atoms with Crippen molar-refractivity contribution in [1.82, 2.24) is 10.2 Å². The van der Waals surface area contributed by atoms with Crippen molar-refractivity contribution in [3.05, 3.63) is 51.5 Å². The van der Waals surface area contributed by atoms with Crippen LogP contribution in [0.5, 0.6) is 5.75 Å². The lowest BCUT2D eigenvalue weighted by Crippen LogP contribution is -2.63. The molecule has 0 fully saturated rings. The number of benzene rings is 1. The topological polar surface area (TPSA) is 200 Å². The van der Waals surface area contributed by atoms with Crippen LogP contribution in [0.25, 0.3) is 0 Å². The lowest BCUT2D eigenvalue weighted by molar-refractivity contribution is -0.148. The Hall–Kier alpha value is -3.90. The molecular formula is C28H35N3O9. The number of carbonyl (C=O) groups is 4. The third-order valence-corrected chi connectivity index (χ3v) is 7.76. The molecule has 0 radical (unpaired) electrons. The van der Waals surface area contributed by atoms with Crippen molar-refractivity contribution in [2.45, 2.75) is 51.8 Å². The fourth-order valence-electron chi connectivity index (χ4n) is 5.98. The largest absolute Gasteiger partial charge is 0.510 e. The molecule has 216 valence electrons. The summed E-state index contributed by atoms with van der Waals surface area (Å²) in [5.74, 6) is -7.13. The number of fused-ring (bicyclic) bond motifs is 3. The van der Waals surface area contributed by atoms with E-state index in [2.05, 4.69) is 5.32 Å². The molecule has 40 heavy (non-hydrogen) atoms. The zero-order valence-electron chi connectivity index (χ0n) is 23.1. The van der Waals surface area contributed by atoms with Crippen LogP contribution in [0.3, 0.4) is 0 Å². The van der Waals surface area contributed by atoms with Crippen LogP contribution >= 0.6 is 0 Å². The van der Waals surface area contributed by atoms with Gasteiger partial charge in [-0.05, 0) is 55.5 Å². The van der Waals surface area contributed by atoms with Crippen LogP contribution < -0.4 is 11.1 Å². The molecule has 0 aliphatic heterocycles. The third-order valence-electron chi connectivity index (χ3n) is 7.76. The summed E-state index contributed by atoms with van der Waals surface area (Å²) in [6.07, 6.45) is -0.555. The number of aliphatic hydroxyl groups is 3. The highest BCUT2D eigenvalue weighted by Crippen LogP contribution is 2.52. The molecule has 3 aliphatic rings. The molecule has 12 nitrogen and oxygen atoms in total. The Morgan fingerprint density at radius 3 is 2.40 bits per heavy atom. The molecule has 12 heteroatoms. The minimum absolute atomic E-state index is 0.00566. The first-order valence-electron chi connectivity index (χ1n) is 12.9. The van der Waals surface area contributed by atoms with E-state index in [1.165, 1.54) is 11.0 Å². The van der Waals surface area contributed by atoms with E-state index in [4.69, 9.17) is 10.5 Å². The maximum absolute atomic E-state index is 13.7. The molecule has 7 N–H and O–H groups in total. The molecule has 0 aromatic heterocycles. The molecule has 0 bridgehead atoms. The van der Waals surface area contributed by atoms with E-state index < -0.39 is 64.1 Å². The van der Waals surface area contributed by atoms with Gasteiger partial charge in [0, 0.05) is 18.0 Å². The first kappa shape index (κ1) is 29.1. The number of Topliss-reactive ketones (excluding diaryl/α,β-unsaturated/α-hetero) is 2. The van der Waals surface area contributed by atoms with Crippen molar-refractivity contribution < 1.29 is 44.3 Å². The molecule has 0 spiro atoms. The van der Waals surface area contributed by atoms with Gasteiger partial charge in [0.15, 0.2) is 11.4 Å². The summed E-state index contributed by atoms with van der Waals surface area (Å²) in [5, 5.41) is 47.1. The van der Waals surface area contributed by atoms with Crippen molar-refractivity contribution in [1.29, 1.82) is 0 Å². The van der Waals surface area contributed by atoms with Gasteiger partial charge in [0.2, 0.25) is 5.78 Å². The molecule has 4 rings (SSSR count). The molecule has 1 aromatic rings. The summed E-state index contributed by atoms with van der Waals surface area (Å²) >= 11 is 0. The molecule has 2 amide bonds. The number of hydrogen-bond acceptors (Lipinski definition) is 10. The molecule has 0 unspecified atom stereocenters. The minimum Gasteiger partial charge on any atom is -0.510 e. The molecule has 4 atom stereocenters. The summed E-state index contributed by atoms with van der Waals surface area (Å²) in [5.41, 5.74) is 2.16. The van der Waals surface area contributed by atoms with Gasteiger partial charge >= 0.3 is 6.09 Å². The monoisotopic (exact) mass is 557 g/mol. The Balaban J connectivity index is 1.76. The number of carbonyl (C=O) groups excluding carboxylic acids is 4. The van der Waals surface area contributed by atoms with E-state index in [-0.39, 0.29) is 48.3 Å². The number of ketones is 2. The SMILES string of the molecule is CN(C)[C@H]1C(O)=C(C(N)=O)C(=O)[C@@]2(O)C(O)=C3C(=O)c4c(O)ccc(CNC(=O)OCC(C)(C)C)c4C[C@H]3C[C@@H]12. The van der Waals surface area contributed by atoms with Crippen molar-refractivity contribution in [3.63, 3.8) is 0 Å². The summed E-state index contributed by atoms with van der Waals surface area (Å²) < 4.78 is 5.24. The average Bonchev–Trinajstić information content (AvgIpc) is 2.83. The summed E-state index contributed by atoms with van der Waals surface area (Å²) in [4.78, 5) is 52.9. The lowest BCUT2D eigenvalue weighted by Gasteiger charge is -2.50. The number of primary amides is 1. The Morgan fingerprint density at radius 1 is 1.18 bits per heavy atom. The molecular weight excluding hydrogens is 522 g/mol. The number of alkyl carbamates (subject to hydrolysis) is 1. The van der Waals surface area contributed by atoms with Gasteiger partial charge in [0.1, 0.15) is 22.8 Å². The first-order chi connectivity index (χ1) is 18.5. The number of nitrogens with one attached hydrogen (secondary N) is 1. The van der Waals surface area contributed by atoms with E-state index >= 15 is 0 Å². The van der Waals surface area contributed by atoms with Crippen LogP contribution in [-0.2, 0) is 27.3 Å². The number of aromatic hydroxyl groups is 1. The molecule has 0 saturated carbocycles. The number of phenolic OH excluding ortho intramolecular Hbond substituents is 1. The Bertz CT molecular complexity index is 1370. The normalized spacial score (nSPS) is 26.3. The van der Waals surface area contributed by atoms with Crippen molar-refractivity contribution in [2.75, 3.05) is 20.7 Å². The number of amides is 2. The number of allylic oxidation sites excluding steroid dienone is 1. The summed E-state index contributed by atoms with van der Waals surface area (Å²) in [6.45, 7) is 5.93. The number of rotatable bonds is 5. The fourth-order valence-corrected chi connectivity index (χ4v) is 5.98. The summed E-state index contributed by atoms with van der Waals surface area (Å²) in [7, 11) is 3.13. The predicted molar refractivity (Wildman–Crippen MR) is 141 cm³/mol. The molecule has 3 aliphatic carbocycles. The number of aliphatic hydroxyl groups excluding tert-OH is 2. The number of nitrogens with zero attached hydrogens (tertiary/aromatic N) is 1. The van der Waals surface area contributed by atoms with Crippen LogP contribution in [0.1, 0.15) is 48.7 Å². The van der Waals surface area contributed by atoms with Gasteiger partial charge in [-0.1, -0.05) is 26.8 Å². The van der Waals surface area contributed by atoms with Crippen LogP contribution in [0.4, 0.5) is 4.79 Å². The number of phenols is 1. The van der Waals surface area contributed by atoms with E-state index in [1.54, 1.807) is 20.2 Å². The first-order valence-corrected chi connectivity index (χ1v) is 12.9. The standard InChI is InChI=1S/C28H35N3O9/c1-27(2,3)11-40-26(38)30-10-12-6-7-16(32)18-14(12)8-13-9-15-20(31(4)5)22(34)19(25(29)37)24(36)28(15,39)23(35)17(13)21(18)33/h6-7,13,15,20,32,34-35,39H,8-11H2,1-5H3,(H2,29,37)(H,30,38)/t13-,15-,20+,28-/m0/s1. The van der Waals surface area contributed by atoms with Gasteiger partial charge in [-0.2, -0.15) is 0 Å². The highest BCUT2D eigenvalue weighted by atomic mass is 16.5. The van der Waals surface area contributed by atoms with Gasteiger partial charge < -0.3 is 36.2 Å². The molecule has 1 aromatic carbocycles. The van der Waals surface area contributed by atoms with Crippen molar-refractivity contribution in [3.8, 4) is 5.75 Å². The maximum atomic E-state index is 13.7. The summed E-state index contributed by atoms with van der Waals surface area (Å²) in [6, 6.07) is 1.78. The predicted octanol–water partition coefficient (Wildman–Crippen LogP) is 1.39. The van der Waals surface area contributed by atoms with Crippen molar-refractivity contribution >= 4 is 23.6 Å². The highest BCUT2D eigenvalue weighted by molar-refractivity contribution is 6.24. The molecule has 0 saturated heterocycles. The van der Waals surface area contributed by atoms with Crippen molar-refractivity contribution in [2.24, 2.45) is 23.0 Å². The Labute approximate surface area is 231 Å². The Morgan fingerprint density at radius 2 is 1.82 bits per heavy atom. The quantitative estimate of drug-likeness (QED) is 0.287. The third kappa shape index (κ3) is 4.60. The second-order valence-corrected chi connectivity index (χ2v) is 12.1. The minimum atomic E-state index is -2.70.